The Labute approximate surface area is 171 Å². The maximum atomic E-state index is 12.2. The molecule has 1 N–H and O–H groups in total. The molecular formula is C21H18ClNO6. The van der Waals surface area contributed by atoms with Gasteiger partial charge in [-0.05, 0) is 29.8 Å². The van der Waals surface area contributed by atoms with Crippen LogP contribution in [0.25, 0.3) is 11.0 Å². The fourth-order valence-electron chi connectivity index (χ4n) is 2.74. The van der Waals surface area contributed by atoms with Gasteiger partial charge < -0.3 is 19.2 Å². The van der Waals surface area contributed by atoms with E-state index < -0.39 is 30.5 Å². The second-order valence-electron chi connectivity index (χ2n) is 6.20. The molecule has 0 bridgehead atoms. The maximum absolute atomic E-state index is 12.2. The zero-order chi connectivity index (χ0) is 20.8. The lowest BCUT2D eigenvalue weighted by atomic mass is 10.1. The number of carbonyl (C=O) groups is 3. The van der Waals surface area contributed by atoms with Gasteiger partial charge in [0.15, 0.2) is 6.61 Å². The molecule has 0 radical (unpaired) electrons. The average Bonchev–Trinajstić information content (AvgIpc) is 3.15. The molecule has 1 amide bonds. The second kappa shape index (κ2) is 9.25. The van der Waals surface area contributed by atoms with Crippen LogP contribution in [0.4, 0.5) is 0 Å². The van der Waals surface area contributed by atoms with E-state index in [-0.39, 0.29) is 12.2 Å². The van der Waals surface area contributed by atoms with Crippen LogP contribution in [0.15, 0.2) is 59.0 Å². The van der Waals surface area contributed by atoms with E-state index in [9.17, 15) is 14.4 Å². The summed E-state index contributed by atoms with van der Waals surface area (Å²) in [6.07, 6.45) is 0.248. The van der Waals surface area contributed by atoms with Crippen LogP contribution in [0, 0.1) is 0 Å². The Kier molecular flexibility index (Phi) is 6.51. The number of carbonyl (C=O) groups excluding carboxylic acids is 3. The molecule has 29 heavy (non-hydrogen) atoms. The van der Waals surface area contributed by atoms with Crippen LogP contribution in [0.3, 0.4) is 0 Å². The van der Waals surface area contributed by atoms with E-state index in [1.165, 1.54) is 13.2 Å². The van der Waals surface area contributed by atoms with E-state index in [0.29, 0.717) is 16.0 Å². The van der Waals surface area contributed by atoms with Crippen molar-refractivity contribution in [3.05, 3.63) is 70.9 Å². The standard InChI is InChI=1S/C21H18ClNO6/c1-27-20(25)16(9-13-5-3-2-4-6-13)23-19(24)12-28-21(26)18-11-14-10-15(22)7-8-17(14)29-18/h2-8,10-11,16H,9,12H2,1H3,(H,23,24). The predicted molar refractivity (Wildman–Crippen MR) is 106 cm³/mol. The highest BCUT2D eigenvalue weighted by Gasteiger charge is 2.23. The molecule has 0 spiro atoms. The van der Waals surface area contributed by atoms with Crippen LogP contribution in [0.5, 0.6) is 0 Å². The lowest BCUT2D eigenvalue weighted by Crippen LogP contribution is -2.44. The topological polar surface area (TPSA) is 94.8 Å². The van der Waals surface area contributed by atoms with E-state index in [1.54, 1.807) is 18.2 Å². The van der Waals surface area contributed by atoms with Crippen LogP contribution in [0.1, 0.15) is 16.1 Å². The zero-order valence-corrected chi connectivity index (χ0v) is 16.3. The fourth-order valence-corrected chi connectivity index (χ4v) is 2.92. The molecule has 0 aliphatic rings. The lowest BCUT2D eigenvalue weighted by molar-refractivity contribution is -0.145. The molecule has 1 unspecified atom stereocenters. The number of methoxy groups -OCH3 is 1. The van der Waals surface area contributed by atoms with Crippen LogP contribution >= 0.6 is 11.6 Å². The van der Waals surface area contributed by atoms with Gasteiger partial charge in [-0.1, -0.05) is 41.9 Å². The monoisotopic (exact) mass is 415 g/mol. The fraction of sp³-hybridized carbons (Fsp3) is 0.190. The molecular weight excluding hydrogens is 398 g/mol. The van der Waals surface area contributed by atoms with Gasteiger partial charge in [-0.15, -0.1) is 0 Å². The first-order valence-corrected chi connectivity index (χ1v) is 9.11. The molecule has 150 valence electrons. The van der Waals surface area contributed by atoms with Gasteiger partial charge in [0, 0.05) is 16.8 Å². The van der Waals surface area contributed by atoms with Crippen molar-refractivity contribution in [2.45, 2.75) is 12.5 Å². The van der Waals surface area contributed by atoms with E-state index in [2.05, 4.69) is 5.32 Å². The highest BCUT2D eigenvalue weighted by molar-refractivity contribution is 6.31. The molecule has 2 aromatic carbocycles. The van der Waals surface area contributed by atoms with Crippen molar-refractivity contribution < 1.29 is 28.3 Å². The molecule has 3 aromatic rings. The minimum Gasteiger partial charge on any atom is -0.467 e. The SMILES string of the molecule is COC(=O)C(Cc1ccccc1)NC(=O)COC(=O)c1cc2cc(Cl)ccc2o1. The zero-order valence-electron chi connectivity index (χ0n) is 15.5. The van der Waals surface area contributed by atoms with Crippen molar-refractivity contribution in [2.75, 3.05) is 13.7 Å². The molecule has 1 heterocycles. The van der Waals surface area contributed by atoms with Gasteiger partial charge in [0.05, 0.1) is 7.11 Å². The number of fused-ring (bicyclic) bond motifs is 1. The summed E-state index contributed by atoms with van der Waals surface area (Å²) in [6.45, 7) is -0.571. The number of rotatable bonds is 7. The highest BCUT2D eigenvalue weighted by Crippen LogP contribution is 2.23. The number of halogens is 1. The van der Waals surface area contributed by atoms with Crippen LogP contribution in [-0.4, -0.2) is 37.6 Å². The molecule has 8 heteroatoms. The first-order chi connectivity index (χ1) is 14.0. The van der Waals surface area contributed by atoms with E-state index >= 15 is 0 Å². The number of furan rings is 1. The van der Waals surface area contributed by atoms with Crippen LogP contribution in [0.2, 0.25) is 5.02 Å². The van der Waals surface area contributed by atoms with Gasteiger partial charge in [0.2, 0.25) is 5.76 Å². The number of hydrogen-bond acceptors (Lipinski definition) is 6. The first kappa shape index (κ1) is 20.4. The number of benzene rings is 2. The molecule has 0 saturated heterocycles. The quantitative estimate of drug-likeness (QED) is 0.596. The number of nitrogens with one attached hydrogen (secondary N) is 1. The molecule has 0 aliphatic heterocycles. The number of amides is 1. The van der Waals surface area contributed by atoms with E-state index in [1.807, 2.05) is 30.3 Å². The second-order valence-corrected chi connectivity index (χ2v) is 6.64. The molecule has 1 aromatic heterocycles. The third kappa shape index (κ3) is 5.36. The molecule has 0 aliphatic carbocycles. The predicted octanol–water partition coefficient (Wildman–Crippen LogP) is 3.14. The van der Waals surface area contributed by atoms with Crippen molar-refractivity contribution in [1.82, 2.24) is 5.32 Å². The average molecular weight is 416 g/mol. The Morgan fingerprint density at radius 1 is 1.10 bits per heavy atom. The first-order valence-electron chi connectivity index (χ1n) is 8.73. The van der Waals surface area contributed by atoms with Gasteiger partial charge in [-0.25, -0.2) is 9.59 Å². The highest BCUT2D eigenvalue weighted by atomic mass is 35.5. The molecule has 1 atom stereocenters. The summed E-state index contributed by atoms with van der Waals surface area (Å²) in [5.74, 6) is -2.08. The molecule has 0 fully saturated rings. The summed E-state index contributed by atoms with van der Waals surface area (Å²) in [4.78, 5) is 36.3. The molecule has 7 nitrogen and oxygen atoms in total. The molecule has 3 rings (SSSR count). The van der Waals surface area contributed by atoms with Gasteiger partial charge in [-0.2, -0.15) is 0 Å². The maximum Gasteiger partial charge on any atom is 0.374 e. The Morgan fingerprint density at radius 3 is 2.59 bits per heavy atom. The van der Waals surface area contributed by atoms with Crippen molar-refractivity contribution in [2.24, 2.45) is 0 Å². The Hall–Kier alpha value is -3.32. The van der Waals surface area contributed by atoms with Crippen molar-refractivity contribution >= 4 is 40.4 Å². The third-order valence-electron chi connectivity index (χ3n) is 4.12. The summed E-state index contributed by atoms with van der Waals surface area (Å²) in [6, 6.07) is 14.7. The Morgan fingerprint density at radius 2 is 1.86 bits per heavy atom. The summed E-state index contributed by atoms with van der Waals surface area (Å²) in [5.41, 5.74) is 1.32. The summed E-state index contributed by atoms with van der Waals surface area (Å²) in [5, 5.41) is 3.66. The van der Waals surface area contributed by atoms with E-state index in [4.69, 9.17) is 25.5 Å². The van der Waals surface area contributed by atoms with Gasteiger partial charge in [-0.3, -0.25) is 4.79 Å². The van der Waals surface area contributed by atoms with E-state index in [0.717, 1.165) is 5.56 Å². The van der Waals surface area contributed by atoms with Crippen molar-refractivity contribution in [3.8, 4) is 0 Å². The normalized spacial score (nSPS) is 11.7. The Balaban J connectivity index is 1.59. The minimum absolute atomic E-state index is 0.0520. The van der Waals surface area contributed by atoms with Crippen LogP contribution < -0.4 is 5.32 Å². The lowest BCUT2D eigenvalue weighted by Gasteiger charge is -2.16. The number of ether oxygens (including phenoxy) is 2. The third-order valence-corrected chi connectivity index (χ3v) is 4.35. The van der Waals surface area contributed by atoms with Gasteiger partial charge >= 0.3 is 11.9 Å². The van der Waals surface area contributed by atoms with Crippen molar-refractivity contribution in [3.63, 3.8) is 0 Å². The van der Waals surface area contributed by atoms with Crippen LogP contribution in [-0.2, 0) is 25.5 Å². The van der Waals surface area contributed by atoms with Gasteiger partial charge in [0.25, 0.3) is 5.91 Å². The largest absolute Gasteiger partial charge is 0.467 e. The number of hydrogen-bond donors (Lipinski definition) is 1. The summed E-state index contributed by atoms with van der Waals surface area (Å²) in [7, 11) is 1.24. The number of esters is 2. The van der Waals surface area contributed by atoms with Gasteiger partial charge in [0.1, 0.15) is 11.6 Å². The summed E-state index contributed by atoms with van der Waals surface area (Å²) < 4.78 is 15.1. The molecule has 0 saturated carbocycles. The minimum atomic E-state index is -0.901. The Bertz CT molecular complexity index is 1030. The van der Waals surface area contributed by atoms with Crippen molar-refractivity contribution in [1.29, 1.82) is 0 Å². The summed E-state index contributed by atoms with van der Waals surface area (Å²) >= 11 is 5.91. The smallest absolute Gasteiger partial charge is 0.374 e.